The molecular weight excluding hydrogens is 749 g/mol. The Labute approximate surface area is 362 Å². The zero-order valence-corrected chi connectivity index (χ0v) is 35.2. The third-order valence-electron chi connectivity index (χ3n) is 14.6. The minimum Gasteiger partial charge on any atom is -0.310 e. The predicted octanol–water partition coefficient (Wildman–Crippen LogP) is 15.7. The van der Waals surface area contributed by atoms with Gasteiger partial charge in [0.05, 0.1) is 16.7 Å². The molecule has 0 fully saturated rings. The Hall–Kier alpha value is -7.16. The number of aryl methyl sites for hydroxylation is 3. The lowest BCUT2D eigenvalue weighted by atomic mass is 9.82. The van der Waals surface area contributed by atoms with Crippen LogP contribution in [0.2, 0.25) is 0 Å². The van der Waals surface area contributed by atoms with Crippen LogP contribution in [0.4, 0.5) is 0 Å². The third-order valence-corrected chi connectivity index (χ3v) is 14.6. The first kappa shape index (κ1) is 35.6. The lowest BCUT2D eigenvalue weighted by molar-refractivity contribution is 0.587. The van der Waals surface area contributed by atoms with Crippen LogP contribution >= 0.6 is 0 Å². The summed E-state index contributed by atoms with van der Waals surface area (Å²) in [7, 11) is 0. The molecular formula is C60H46N2. The molecule has 3 aliphatic rings. The molecule has 8 aromatic carbocycles. The average molecular weight is 795 g/mol. The van der Waals surface area contributed by atoms with Gasteiger partial charge in [0, 0.05) is 27.8 Å². The predicted molar refractivity (Wildman–Crippen MR) is 263 cm³/mol. The monoisotopic (exact) mass is 794 g/mol. The topological polar surface area (TPSA) is 9.86 Å². The Bertz CT molecular complexity index is 3480. The number of benzene rings is 8. The largest absolute Gasteiger partial charge is 0.310 e. The van der Waals surface area contributed by atoms with E-state index in [1.54, 1.807) is 0 Å². The molecule has 0 N–H and O–H groups in total. The van der Waals surface area contributed by atoms with Crippen LogP contribution in [-0.4, -0.2) is 9.13 Å². The van der Waals surface area contributed by atoms with Crippen molar-refractivity contribution in [3.05, 3.63) is 204 Å². The summed E-state index contributed by atoms with van der Waals surface area (Å²) < 4.78 is 5.09. The number of nitrogens with zero attached hydrogens (tertiary/aromatic N) is 2. The van der Waals surface area contributed by atoms with Crippen molar-refractivity contribution in [3.63, 3.8) is 0 Å². The number of hydrogen-bond donors (Lipinski definition) is 0. The van der Waals surface area contributed by atoms with Gasteiger partial charge in [-0.2, -0.15) is 0 Å². The number of rotatable bonds is 4. The average Bonchev–Trinajstić information content (AvgIpc) is 3.78. The molecule has 0 saturated heterocycles. The van der Waals surface area contributed by atoms with E-state index in [1.165, 1.54) is 122 Å². The van der Waals surface area contributed by atoms with Crippen molar-refractivity contribution in [2.45, 2.75) is 45.4 Å². The van der Waals surface area contributed by atoms with Crippen molar-refractivity contribution >= 4 is 55.5 Å². The molecule has 10 aromatic rings. The van der Waals surface area contributed by atoms with Gasteiger partial charge in [-0.3, -0.25) is 0 Å². The first-order chi connectivity index (χ1) is 30.6. The van der Waals surface area contributed by atoms with Crippen LogP contribution in [0.1, 0.15) is 59.8 Å². The van der Waals surface area contributed by atoms with E-state index in [0.717, 1.165) is 25.7 Å². The summed E-state index contributed by atoms with van der Waals surface area (Å²) in [4.78, 5) is 0. The molecule has 0 spiro atoms. The van der Waals surface area contributed by atoms with Crippen molar-refractivity contribution in [2.75, 3.05) is 0 Å². The van der Waals surface area contributed by atoms with E-state index in [4.69, 9.17) is 0 Å². The molecule has 0 amide bonds. The lowest BCUT2D eigenvalue weighted by Gasteiger charge is -2.23. The number of fused-ring (bicyclic) bond motifs is 10. The summed E-state index contributed by atoms with van der Waals surface area (Å²) in [5.41, 5.74) is 21.4. The van der Waals surface area contributed by atoms with Gasteiger partial charge in [-0.15, -0.1) is 0 Å². The highest BCUT2D eigenvalue weighted by atomic mass is 15.0. The van der Waals surface area contributed by atoms with E-state index in [9.17, 15) is 0 Å². The Morgan fingerprint density at radius 1 is 0.468 bits per heavy atom. The van der Waals surface area contributed by atoms with Gasteiger partial charge in [-0.1, -0.05) is 141 Å². The highest BCUT2D eigenvalue weighted by Crippen LogP contribution is 2.48. The Kier molecular flexibility index (Phi) is 7.85. The Morgan fingerprint density at radius 2 is 1.10 bits per heavy atom. The second-order valence-corrected chi connectivity index (χ2v) is 17.9. The molecule has 1 aliphatic heterocycles. The summed E-state index contributed by atoms with van der Waals surface area (Å²) in [6.07, 6.45) is 13.7. The molecule has 0 saturated carbocycles. The Balaban J connectivity index is 0.953. The van der Waals surface area contributed by atoms with Crippen LogP contribution in [0, 0.1) is 5.92 Å². The van der Waals surface area contributed by atoms with Crippen molar-refractivity contribution in [1.82, 2.24) is 9.13 Å². The molecule has 0 bridgehead atoms. The molecule has 62 heavy (non-hydrogen) atoms. The van der Waals surface area contributed by atoms with Crippen molar-refractivity contribution < 1.29 is 0 Å². The van der Waals surface area contributed by atoms with Crippen molar-refractivity contribution in [2.24, 2.45) is 5.92 Å². The maximum Gasteiger partial charge on any atom is 0.0570 e. The van der Waals surface area contributed by atoms with Crippen LogP contribution in [0.25, 0.3) is 100 Å². The molecule has 0 radical (unpaired) electrons. The van der Waals surface area contributed by atoms with E-state index < -0.39 is 0 Å². The van der Waals surface area contributed by atoms with Crippen LogP contribution in [0.3, 0.4) is 0 Å². The van der Waals surface area contributed by atoms with Gasteiger partial charge >= 0.3 is 0 Å². The summed E-state index contributed by atoms with van der Waals surface area (Å²) in [5, 5.41) is 7.91. The van der Waals surface area contributed by atoms with Crippen LogP contribution in [0.15, 0.2) is 170 Å². The van der Waals surface area contributed by atoms with Crippen molar-refractivity contribution in [3.8, 4) is 44.8 Å². The van der Waals surface area contributed by atoms with Gasteiger partial charge < -0.3 is 9.13 Å². The van der Waals surface area contributed by atoms with Gasteiger partial charge in [0.1, 0.15) is 0 Å². The number of aromatic nitrogens is 2. The fourth-order valence-electron chi connectivity index (χ4n) is 11.5. The fourth-order valence-corrected chi connectivity index (χ4v) is 11.5. The summed E-state index contributed by atoms with van der Waals surface area (Å²) in [6.45, 7) is 4.79. The third kappa shape index (κ3) is 5.16. The minimum absolute atomic E-state index is 0.446. The second-order valence-electron chi connectivity index (χ2n) is 17.9. The number of allylic oxidation sites excluding steroid dienone is 2. The second kappa shape index (κ2) is 13.7. The summed E-state index contributed by atoms with van der Waals surface area (Å²) in [5.74, 6) is 0.941. The molecule has 3 heterocycles. The Morgan fingerprint density at radius 3 is 1.84 bits per heavy atom. The smallest absolute Gasteiger partial charge is 0.0570 e. The maximum atomic E-state index is 2.59. The molecule has 2 aliphatic carbocycles. The van der Waals surface area contributed by atoms with Crippen molar-refractivity contribution in [1.29, 1.82) is 0 Å². The fraction of sp³-hybridized carbons (Fsp3) is 0.133. The van der Waals surface area contributed by atoms with E-state index in [0.29, 0.717) is 11.8 Å². The first-order valence-corrected chi connectivity index (χ1v) is 22.5. The maximum absolute atomic E-state index is 2.59. The molecule has 2 unspecified atom stereocenters. The highest BCUT2D eigenvalue weighted by molar-refractivity contribution is 6.21. The number of hydrogen-bond acceptors (Lipinski definition) is 0. The van der Waals surface area contributed by atoms with Gasteiger partial charge in [-0.05, 0) is 169 Å². The van der Waals surface area contributed by atoms with Crippen LogP contribution in [0.5, 0.6) is 0 Å². The molecule has 296 valence electrons. The number of para-hydroxylation sites is 1. The molecule has 2 atom stereocenters. The zero-order valence-electron chi connectivity index (χ0n) is 35.2. The van der Waals surface area contributed by atoms with E-state index in [1.807, 2.05) is 0 Å². The summed E-state index contributed by atoms with van der Waals surface area (Å²) in [6, 6.07) is 59.5. The molecule has 13 rings (SSSR count). The minimum atomic E-state index is 0.446. The zero-order chi connectivity index (χ0) is 41.1. The first-order valence-electron chi connectivity index (χ1n) is 22.5. The SMILES string of the molecule is CC1C=Cc2c(c3cc(-c4ccc5c(c4)c4c(n5-c5ccc(-c6c7ccccc7c(-c7ccccc7)c7ccccc67)cc5)C=CCC4)cc4c3n2-c2ccccc2CC4)C1C. The van der Waals surface area contributed by atoms with E-state index in [-0.39, 0.29) is 0 Å². The standard InChI is InChI=1S/C60H46N2/c1-37-24-32-56-57(38(37)2)52-36-44(34-43-26-25-39-14-6-12-22-53(39)62(56)60(43)52)42-29-33-55-51(35-42)46-17-11-13-23-54(46)61(55)45-30-27-41(28-31-45)59-49-20-9-7-18-47(49)58(40-15-4-3-5-16-40)48-19-8-10-21-50(48)59/h3-10,12-16,18-24,27-38H,11,17,25-26H2,1-2H3. The highest BCUT2D eigenvalue weighted by Gasteiger charge is 2.30. The van der Waals surface area contributed by atoms with E-state index >= 15 is 0 Å². The van der Waals surface area contributed by atoms with Crippen LogP contribution < -0.4 is 0 Å². The lowest BCUT2D eigenvalue weighted by Crippen LogP contribution is -2.10. The quantitative estimate of drug-likeness (QED) is 0.157. The van der Waals surface area contributed by atoms with Gasteiger partial charge in [0.2, 0.25) is 0 Å². The molecule has 2 heteroatoms. The summed E-state index contributed by atoms with van der Waals surface area (Å²) >= 11 is 0. The normalized spacial score (nSPS) is 16.5. The molecule has 2 nitrogen and oxygen atoms in total. The van der Waals surface area contributed by atoms with Gasteiger partial charge in [-0.25, -0.2) is 0 Å². The van der Waals surface area contributed by atoms with Gasteiger partial charge in [0.25, 0.3) is 0 Å². The van der Waals surface area contributed by atoms with Gasteiger partial charge in [0.15, 0.2) is 0 Å². The van der Waals surface area contributed by atoms with Crippen LogP contribution in [-0.2, 0) is 19.3 Å². The van der Waals surface area contributed by atoms with E-state index in [2.05, 4.69) is 205 Å². The molecule has 2 aromatic heterocycles.